The van der Waals surface area contributed by atoms with E-state index in [9.17, 15) is 14.4 Å². The van der Waals surface area contributed by atoms with Gasteiger partial charge in [-0.15, -0.1) is 11.8 Å². The van der Waals surface area contributed by atoms with E-state index >= 15 is 0 Å². The Morgan fingerprint density at radius 2 is 1.45 bits per heavy atom. The van der Waals surface area contributed by atoms with E-state index < -0.39 is 17.1 Å². The highest BCUT2D eigenvalue weighted by molar-refractivity contribution is 8.00. The minimum atomic E-state index is -0.551. The second-order valence-electron chi connectivity index (χ2n) is 9.42. The molecule has 1 unspecified atom stereocenters. The fourth-order valence-corrected chi connectivity index (χ4v) is 5.10. The third kappa shape index (κ3) is 8.42. The van der Waals surface area contributed by atoms with Gasteiger partial charge in [-0.05, 0) is 61.5 Å². The maximum atomic E-state index is 13.6. The normalized spacial score (nSPS) is 11.6. The molecule has 0 radical (unpaired) electrons. The van der Waals surface area contributed by atoms with Crippen LogP contribution in [0.25, 0.3) is 6.08 Å². The number of methoxy groups -OCH3 is 3. The highest BCUT2D eigenvalue weighted by Crippen LogP contribution is 2.32. The first-order valence-electron chi connectivity index (χ1n) is 13.6. The number of ether oxygens (including phenoxy) is 3. The van der Waals surface area contributed by atoms with E-state index in [1.165, 1.54) is 32.1 Å². The van der Waals surface area contributed by atoms with Crippen molar-refractivity contribution in [3.63, 3.8) is 0 Å². The first-order valence-corrected chi connectivity index (χ1v) is 14.5. The van der Waals surface area contributed by atoms with E-state index in [1.807, 2.05) is 6.07 Å². The van der Waals surface area contributed by atoms with Crippen molar-refractivity contribution in [3.05, 3.63) is 114 Å². The Morgan fingerprint density at radius 1 is 0.750 bits per heavy atom. The molecule has 0 spiro atoms. The summed E-state index contributed by atoms with van der Waals surface area (Å²) in [6.45, 7) is 1.80. The van der Waals surface area contributed by atoms with Crippen LogP contribution >= 0.6 is 11.8 Å². The average Bonchev–Trinajstić information content (AvgIpc) is 3.04. The summed E-state index contributed by atoms with van der Waals surface area (Å²) in [4.78, 5) is 40.3. The SMILES string of the molecule is COc1cccc(NC(=O)C(C)Sc2cccc(NC(=O)/C(=C\c3cccc(OC)c3OC)NC(=O)c3ccccc3)c2)c1. The molecule has 4 rings (SSSR count). The van der Waals surface area contributed by atoms with Gasteiger partial charge in [0.1, 0.15) is 11.4 Å². The number of anilines is 2. The number of carbonyl (C=O) groups is 3. The van der Waals surface area contributed by atoms with Gasteiger partial charge in [0.2, 0.25) is 5.91 Å². The quantitative estimate of drug-likeness (QED) is 0.128. The number of thioether (sulfide) groups is 1. The van der Waals surface area contributed by atoms with Crippen LogP contribution < -0.4 is 30.2 Å². The molecule has 1 atom stereocenters. The van der Waals surface area contributed by atoms with Gasteiger partial charge in [0.25, 0.3) is 11.8 Å². The first-order chi connectivity index (χ1) is 21.3. The fourth-order valence-electron chi connectivity index (χ4n) is 4.17. The molecular weight excluding hydrogens is 578 g/mol. The maximum Gasteiger partial charge on any atom is 0.272 e. The molecule has 0 fully saturated rings. The smallest absolute Gasteiger partial charge is 0.272 e. The summed E-state index contributed by atoms with van der Waals surface area (Å²) < 4.78 is 16.1. The predicted octanol–water partition coefficient (Wildman–Crippen LogP) is 6.24. The lowest BCUT2D eigenvalue weighted by atomic mass is 10.1. The molecule has 3 N–H and O–H groups in total. The Bertz CT molecular complexity index is 1660. The van der Waals surface area contributed by atoms with Crippen LogP contribution in [0.5, 0.6) is 17.2 Å². The van der Waals surface area contributed by atoms with Gasteiger partial charge in [0.15, 0.2) is 11.5 Å². The third-order valence-corrected chi connectivity index (χ3v) is 7.47. The van der Waals surface area contributed by atoms with Crippen molar-refractivity contribution in [2.75, 3.05) is 32.0 Å². The molecular formula is C34H33N3O6S. The van der Waals surface area contributed by atoms with Crippen molar-refractivity contribution in [2.24, 2.45) is 0 Å². The molecule has 0 saturated carbocycles. The van der Waals surface area contributed by atoms with Crippen molar-refractivity contribution in [1.82, 2.24) is 5.32 Å². The monoisotopic (exact) mass is 611 g/mol. The molecule has 9 nitrogen and oxygen atoms in total. The molecule has 0 aliphatic heterocycles. The van der Waals surface area contributed by atoms with E-state index in [4.69, 9.17) is 14.2 Å². The summed E-state index contributed by atoms with van der Waals surface area (Å²) in [5, 5.41) is 8.05. The summed E-state index contributed by atoms with van der Waals surface area (Å²) in [6.07, 6.45) is 1.53. The molecule has 44 heavy (non-hydrogen) atoms. The van der Waals surface area contributed by atoms with E-state index in [2.05, 4.69) is 16.0 Å². The number of benzene rings is 4. The lowest BCUT2D eigenvalue weighted by Crippen LogP contribution is -2.30. The Labute approximate surface area is 260 Å². The molecule has 0 aliphatic rings. The van der Waals surface area contributed by atoms with E-state index in [0.717, 1.165) is 4.90 Å². The molecule has 0 heterocycles. The second kappa shape index (κ2) is 15.3. The molecule has 4 aromatic carbocycles. The molecule has 10 heteroatoms. The summed E-state index contributed by atoms with van der Waals surface area (Å²) in [5.74, 6) is 0.348. The van der Waals surface area contributed by atoms with Crippen LogP contribution in [0, 0.1) is 0 Å². The van der Waals surface area contributed by atoms with Gasteiger partial charge in [-0.1, -0.05) is 42.5 Å². The zero-order chi connectivity index (χ0) is 31.5. The summed E-state index contributed by atoms with van der Waals surface area (Å²) in [7, 11) is 4.58. The standard InChI is InChI=1S/C34H33N3O6S/c1-22(32(38)35-25-14-9-16-27(20-25)41-2)44-28-17-10-15-26(21-28)36-34(40)29(37-33(39)23-11-6-5-7-12-23)19-24-13-8-18-30(42-3)31(24)43-4/h5-22H,1-4H3,(H,35,38)(H,36,40)(H,37,39)/b29-19+. The molecule has 226 valence electrons. The van der Waals surface area contributed by atoms with Gasteiger partial charge in [-0.2, -0.15) is 0 Å². The van der Waals surface area contributed by atoms with E-state index in [0.29, 0.717) is 39.8 Å². The topological polar surface area (TPSA) is 115 Å². The van der Waals surface area contributed by atoms with Crippen LogP contribution in [0.2, 0.25) is 0 Å². The van der Waals surface area contributed by atoms with Gasteiger partial charge in [0, 0.05) is 33.5 Å². The van der Waals surface area contributed by atoms with Gasteiger partial charge >= 0.3 is 0 Å². The first kappa shape index (κ1) is 31.7. The Balaban J connectivity index is 1.53. The number of hydrogen-bond donors (Lipinski definition) is 3. The van der Waals surface area contributed by atoms with Crippen LogP contribution in [0.15, 0.2) is 108 Å². The maximum absolute atomic E-state index is 13.6. The molecule has 0 saturated heterocycles. The van der Waals surface area contributed by atoms with Crippen molar-refractivity contribution in [3.8, 4) is 17.2 Å². The minimum Gasteiger partial charge on any atom is -0.497 e. The molecule has 3 amide bonds. The highest BCUT2D eigenvalue weighted by Gasteiger charge is 2.19. The number of para-hydroxylation sites is 1. The predicted molar refractivity (Wildman–Crippen MR) is 173 cm³/mol. The number of rotatable bonds is 12. The number of nitrogens with one attached hydrogen (secondary N) is 3. The molecule has 4 aromatic rings. The Morgan fingerprint density at radius 3 is 2.16 bits per heavy atom. The van der Waals surface area contributed by atoms with E-state index in [1.54, 1.807) is 105 Å². The lowest BCUT2D eigenvalue weighted by Gasteiger charge is -2.15. The van der Waals surface area contributed by atoms with Crippen LogP contribution in [0.4, 0.5) is 11.4 Å². The Kier molecular flexibility index (Phi) is 11.0. The highest BCUT2D eigenvalue weighted by atomic mass is 32.2. The van der Waals surface area contributed by atoms with Crippen molar-refractivity contribution in [2.45, 2.75) is 17.1 Å². The Hall–Kier alpha value is -5.22. The molecule has 0 bridgehead atoms. The summed E-state index contributed by atoms with van der Waals surface area (Å²) in [5.41, 5.74) is 2.04. The van der Waals surface area contributed by atoms with Gasteiger partial charge in [-0.25, -0.2) is 0 Å². The minimum absolute atomic E-state index is 0.00510. The van der Waals surface area contributed by atoms with Crippen molar-refractivity contribution in [1.29, 1.82) is 0 Å². The van der Waals surface area contributed by atoms with Crippen molar-refractivity contribution >= 4 is 46.9 Å². The zero-order valence-corrected chi connectivity index (χ0v) is 25.6. The van der Waals surface area contributed by atoms with Gasteiger partial charge in [-0.3, -0.25) is 14.4 Å². The van der Waals surface area contributed by atoms with Crippen molar-refractivity contribution < 1.29 is 28.6 Å². The number of amides is 3. The van der Waals surface area contributed by atoms with E-state index in [-0.39, 0.29) is 11.6 Å². The summed E-state index contributed by atoms with van der Waals surface area (Å²) >= 11 is 1.34. The molecule has 0 aliphatic carbocycles. The fraction of sp³-hybridized carbons (Fsp3) is 0.147. The zero-order valence-electron chi connectivity index (χ0n) is 24.8. The second-order valence-corrected chi connectivity index (χ2v) is 10.8. The lowest BCUT2D eigenvalue weighted by molar-refractivity contribution is -0.115. The summed E-state index contributed by atoms with van der Waals surface area (Å²) in [6, 6.07) is 28.1. The van der Waals surface area contributed by atoms with Crippen LogP contribution in [-0.4, -0.2) is 44.3 Å². The largest absolute Gasteiger partial charge is 0.497 e. The van der Waals surface area contributed by atoms with Crippen LogP contribution in [0.1, 0.15) is 22.8 Å². The van der Waals surface area contributed by atoms with Gasteiger partial charge in [0.05, 0.1) is 26.6 Å². The third-order valence-electron chi connectivity index (χ3n) is 6.37. The van der Waals surface area contributed by atoms with Gasteiger partial charge < -0.3 is 30.2 Å². The van der Waals surface area contributed by atoms with Crippen LogP contribution in [0.3, 0.4) is 0 Å². The average molecular weight is 612 g/mol. The number of hydrogen-bond acceptors (Lipinski definition) is 7. The van der Waals surface area contributed by atoms with Crippen LogP contribution in [-0.2, 0) is 9.59 Å². The molecule has 0 aromatic heterocycles. The number of carbonyl (C=O) groups excluding carboxylic acids is 3.